The Morgan fingerprint density at radius 2 is 1.85 bits per heavy atom. The van der Waals surface area contributed by atoms with Crippen LogP contribution in [0.5, 0.6) is 0 Å². The van der Waals surface area contributed by atoms with Gasteiger partial charge < -0.3 is 4.90 Å². The molecule has 2 nitrogen and oxygen atoms in total. The van der Waals surface area contributed by atoms with Crippen LogP contribution in [0.15, 0.2) is 42.5 Å². The Hall–Kier alpha value is -2.09. The second kappa shape index (κ2) is 5.12. The molecule has 0 bridgehead atoms. The van der Waals surface area contributed by atoms with Gasteiger partial charge in [-0.3, -0.25) is 4.79 Å². The first-order valence-corrected chi connectivity index (χ1v) is 7.13. The summed E-state index contributed by atoms with van der Waals surface area (Å²) in [7, 11) is 0. The SMILES string of the molecule is Cc1cccc(C(=O)N2CCCc3cc(C)ccc32)c1. The van der Waals surface area contributed by atoms with Crippen LogP contribution in [0.3, 0.4) is 0 Å². The van der Waals surface area contributed by atoms with E-state index >= 15 is 0 Å². The molecular weight excluding hydrogens is 246 g/mol. The van der Waals surface area contributed by atoms with Crippen LogP contribution in [0.2, 0.25) is 0 Å². The predicted molar refractivity (Wildman–Crippen MR) is 82.4 cm³/mol. The smallest absolute Gasteiger partial charge is 0.258 e. The Labute approximate surface area is 120 Å². The van der Waals surface area contributed by atoms with Crippen LogP contribution in [0.4, 0.5) is 5.69 Å². The molecule has 0 unspecified atom stereocenters. The maximum absolute atomic E-state index is 12.7. The van der Waals surface area contributed by atoms with Crippen molar-refractivity contribution in [2.45, 2.75) is 26.7 Å². The lowest BCUT2D eigenvalue weighted by atomic mass is 9.98. The molecule has 0 atom stereocenters. The molecule has 2 heteroatoms. The fourth-order valence-electron chi connectivity index (χ4n) is 2.87. The van der Waals surface area contributed by atoms with Crippen LogP contribution >= 0.6 is 0 Å². The van der Waals surface area contributed by atoms with E-state index in [1.807, 2.05) is 36.1 Å². The summed E-state index contributed by atoms with van der Waals surface area (Å²) in [5, 5.41) is 0. The lowest BCUT2D eigenvalue weighted by Gasteiger charge is -2.30. The second-order valence-corrected chi connectivity index (χ2v) is 5.56. The molecule has 0 spiro atoms. The van der Waals surface area contributed by atoms with Gasteiger partial charge in [0.05, 0.1) is 0 Å². The molecule has 1 aliphatic heterocycles. The van der Waals surface area contributed by atoms with Gasteiger partial charge in [-0.25, -0.2) is 0 Å². The molecule has 0 saturated carbocycles. The molecule has 0 N–H and O–H groups in total. The second-order valence-electron chi connectivity index (χ2n) is 5.56. The van der Waals surface area contributed by atoms with Crippen molar-refractivity contribution in [3.8, 4) is 0 Å². The van der Waals surface area contributed by atoms with E-state index in [1.165, 1.54) is 11.1 Å². The van der Waals surface area contributed by atoms with E-state index in [4.69, 9.17) is 0 Å². The number of hydrogen-bond donors (Lipinski definition) is 0. The molecular formula is C18H19NO. The van der Waals surface area contributed by atoms with Crippen molar-refractivity contribution < 1.29 is 4.79 Å². The normalized spacial score (nSPS) is 14.0. The van der Waals surface area contributed by atoms with E-state index in [-0.39, 0.29) is 5.91 Å². The minimum Gasteiger partial charge on any atom is -0.308 e. The summed E-state index contributed by atoms with van der Waals surface area (Å²) in [6, 6.07) is 14.2. The zero-order valence-electron chi connectivity index (χ0n) is 12.0. The van der Waals surface area contributed by atoms with Crippen LogP contribution < -0.4 is 4.90 Å². The van der Waals surface area contributed by atoms with Crippen molar-refractivity contribution in [2.24, 2.45) is 0 Å². The number of hydrogen-bond acceptors (Lipinski definition) is 1. The average molecular weight is 265 g/mol. The van der Waals surface area contributed by atoms with Gasteiger partial charge in [-0.1, -0.05) is 35.4 Å². The quantitative estimate of drug-likeness (QED) is 0.766. The third-order valence-corrected chi connectivity index (χ3v) is 3.86. The number of fused-ring (bicyclic) bond motifs is 1. The van der Waals surface area contributed by atoms with E-state index in [9.17, 15) is 4.79 Å². The first-order valence-electron chi connectivity index (χ1n) is 7.13. The minimum atomic E-state index is 0.110. The van der Waals surface area contributed by atoms with Crippen molar-refractivity contribution in [1.82, 2.24) is 0 Å². The van der Waals surface area contributed by atoms with Gasteiger partial charge in [-0.15, -0.1) is 0 Å². The highest BCUT2D eigenvalue weighted by Gasteiger charge is 2.23. The number of anilines is 1. The van der Waals surface area contributed by atoms with E-state index in [2.05, 4.69) is 25.1 Å². The van der Waals surface area contributed by atoms with Crippen molar-refractivity contribution in [3.05, 3.63) is 64.7 Å². The molecule has 0 saturated heterocycles. The number of amides is 1. The van der Waals surface area contributed by atoms with E-state index in [0.717, 1.165) is 36.2 Å². The Bertz CT molecular complexity index is 660. The fourth-order valence-corrected chi connectivity index (χ4v) is 2.87. The lowest BCUT2D eigenvalue weighted by molar-refractivity contribution is 0.0985. The first-order chi connectivity index (χ1) is 9.65. The average Bonchev–Trinajstić information content (AvgIpc) is 2.45. The zero-order valence-corrected chi connectivity index (χ0v) is 12.0. The number of rotatable bonds is 1. The highest BCUT2D eigenvalue weighted by molar-refractivity contribution is 6.06. The molecule has 0 radical (unpaired) electrons. The monoisotopic (exact) mass is 265 g/mol. The van der Waals surface area contributed by atoms with Crippen molar-refractivity contribution in [2.75, 3.05) is 11.4 Å². The van der Waals surface area contributed by atoms with E-state index in [0.29, 0.717) is 0 Å². The molecule has 102 valence electrons. The summed E-state index contributed by atoms with van der Waals surface area (Å²) in [5.74, 6) is 0.110. The van der Waals surface area contributed by atoms with Crippen LogP contribution in [0.25, 0.3) is 0 Å². The first kappa shape index (κ1) is 12.9. The van der Waals surface area contributed by atoms with Gasteiger partial charge in [0, 0.05) is 17.8 Å². The fraction of sp³-hybridized carbons (Fsp3) is 0.278. The standard InChI is InChI=1S/C18H19NO/c1-13-5-3-6-16(12-13)18(20)19-10-4-7-15-11-14(2)8-9-17(15)19/h3,5-6,8-9,11-12H,4,7,10H2,1-2H3. The Kier molecular flexibility index (Phi) is 3.31. The van der Waals surface area contributed by atoms with Gasteiger partial charge in [-0.05, 0) is 50.5 Å². The third kappa shape index (κ3) is 2.34. The highest BCUT2D eigenvalue weighted by Crippen LogP contribution is 2.29. The van der Waals surface area contributed by atoms with Gasteiger partial charge in [-0.2, -0.15) is 0 Å². The van der Waals surface area contributed by atoms with E-state index in [1.54, 1.807) is 0 Å². The van der Waals surface area contributed by atoms with Crippen molar-refractivity contribution in [3.63, 3.8) is 0 Å². The Morgan fingerprint density at radius 3 is 2.65 bits per heavy atom. The molecule has 0 fully saturated rings. The predicted octanol–water partition coefficient (Wildman–Crippen LogP) is 3.90. The molecule has 3 rings (SSSR count). The van der Waals surface area contributed by atoms with Gasteiger partial charge in [0.25, 0.3) is 5.91 Å². The summed E-state index contributed by atoms with van der Waals surface area (Å²) in [6.07, 6.45) is 2.10. The molecule has 2 aromatic carbocycles. The number of benzene rings is 2. The molecule has 0 aromatic heterocycles. The Morgan fingerprint density at radius 1 is 1.05 bits per heavy atom. The maximum Gasteiger partial charge on any atom is 0.258 e. The molecule has 1 aliphatic rings. The van der Waals surface area contributed by atoms with Crippen LogP contribution in [0, 0.1) is 13.8 Å². The summed E-state index contributed by atoms with van der Waals surface area (Å²) in [4.78, 5) is 14.6. The van der Waals surface area contributed by atoms with E-state index < -0.39 is 0 Å². The van der Waals surface area contributed by atoms with Gasteiger partial charge in [0.15, 0.2) is 0 Å². The number of nitrogens with zero attached hydrogens (tertiary/aromatic N) is 1. The van der Waals surface area contributed by atoms with Crippen molar-refractivity contribution >= 4 is 11.6 Å². The van der Waals surface area contributed by atoms with Crippen LogP contribution in [-0.4, -0.2) is 12.5 Å². The third-order valence-electron chi connectivity index (χ3n) is 3.86. The molecule has 1 heterocycles. The molecule has 0 aliphatic carbocycles. The summed E-state index contributed by atoms with van der Waals surface area (Å²) < 4.78 is 0. The number of aryl methyl sites for hydroxylation is 3. The Balaban J connectivity index is 1.98. The molecule has 2 aromatic rings. The summed E-state index contributed by atoms with van der Waals surface area (Å²) >= 11 is 0. The van der Waals surface area contributed by atoms with Gasteiger partial charge >= 0.3 is 0 Å². The highest BCUT2D eigenvalue weighted by atomic mass is 16.2. The largest absolute Gasteiger partial charge is 0.308 e. The maximum atomic E-state index is 12.7. The zero-order chi connectivity index (χ0) is 14.1. The van der Waals surface area contributed by atoms with Crippen molar-refractivity contribution in [1.29, 1.82) is 0 Å². The van der Waals surface area contributed by atoms with Gasteiger partial charge in [0.1, 0.15) is 0 Å². The van der Waals surface area contributed by atoms with Crippen LogP contribution in [-0.2, 0) is 6.42 Å². The summed E-state index contributed by atoms with van der Waals surface area (Å²) in [5.41, 5.74) is 5.52. The minimum absolute atomic E-state index is 0.110. The lowest BCUT2D eigenvalue weighted by Crippen LogP contribution is -2.35. The molecule has 1 amide bonds. The summed E-state index contributed by atoms with van der Waals surface area (Å²) in [6.45, 7) is 4.93. The topological polar surface area (TPSA) is 20.3 Å². The number of carbonyl (C=O) groups excluding carboxylic acids is 1. The molecule has 20 heavy (non-hydrogen) atoms. The van der Waals surface area contributed by atoms with Gasteiger partial charge in [0.2, 0.25) is 0 Å². The van der Waals surface area contributed by atoms with Crippen LogP contribution in [0.1, 0.15) is 33.5 Å². The number of carbonyl (C=O) groups is 1.